The van der Waals surface area contributed by atoms with E-state index in [2.05, 4.69) is 0 Å². The molecule has 5 nitrogen and oxygen atoms in total. The van der Waals surface area contributed by atoms with Gasteiger partial charge in [-0.2, -0.15) is 0 Å². The molecule has 0 spiro atoms. The van der Waals surface area contributed by atoms with E-state index in [4.69, 9.17) is 10.8 Å². The predicted octanol–water partition coefficient (Wildman–Crippen LogP) is -1.63. The Morgan fingerprint density at radius 3 is 2.71 bits per heavy atom. The number of hydrogen-bond donors (Lipinski definition) is 2. The van der Waals surface area contributed by atoms with E-state index in [1.807, 2.05) is 0 Å². The molecule has 6 heteroatoms. The van der Waals surface area contributed by atoms with E-state index in [1.165, 1.54) is 4.90 Å². The first kappa shape index (κ1) is 11.5. The van der Waals surface area contributed by atoms with Crippen LogP contribution in [0.1, 0.15) is 19.3 Å². The molecular weight excluding hydrogens is 247 g/mol. The van der Waals surface area contributed by atoms with E-state index in [0.717, 1.165) is 23.3 Å². The number of aliphatic carboxylic acids is 1. The average Bonchev–Trinajstić information content (AvgIpc) is 2.49. The molecule has 0 saturated carbocycles. The van der Waals surface area contributed by atoms with Gasteiger partial charge in [0.25, 0.3) is 0 Å². The molecule has 1 saturated heterocycles. The van der Waals surface area contributed by atoms with E-state index >= 15 is 0 Å². The second-order valence-electron chi connectivity index (χ2n) is 3.42. The van der Waals surface area contributed by atoms with Gasteiger partial charge in [-0.3, -0.25) is 0 Å². The molecule has 0 aromatic carbocycles. The Morgan fingerprint density at radius 2 is 2.21 bits per heavy atom. The zero-order valence-electron chi connectivity index (χ0n) is 7.90. The molecule has 2 unspecified atom stereocenters. The second kappa shape index (κ2) is 4.32. The van der Waals surface area contributed by atoms with Crippen LogP contribution in [0.4, 0.5) is 0 Å². The first-order valence-corrected chi connectivity index (χ1v) is 5.76. The topological polar surface area (TPSA) is 83.6 Å². The van der Waals surface area contributed by atoms with Gasteiger partial charge in [-0.25, -0.2) is 0 Å². The summed E-state index contributed by atoms with van der Waals surface area (Å²) >= 11 is 1.09. The van der Waals surface area contributed by atoms with Gasteiger partial charge < -0.3 is 0 Å². The summed E-state index contributed by atoms with van der Waals surface area (Å²) in [5.74, 6) is -1.04. The predicted molar refractivity (Wildman–Crippen MR) is 53.5 cm³/mol. The fourth-order valence-corrected chi connectivity index (χ4v) is 2.67. The van der Waals surface area contributed by atoms with Crippen molar-refractivity contribution in [3.8, 4) is 0 Å². The summed E-state index contributed by atoms with van der Waals surface area (Å²) in [5.41, 5.74) is 5.27. The van der Waals surface area contributed by atoms with Crippen LogP contribution in [0.15, 0.2) is 0 Å². The fourth-order valence-electron chi connectivity index (χ4n) is 1.67. The van der Waals surface area contributed by atoms with Crippen LogP contribution in [0.25, 0.3) is 0 Å². The Kier molecular flexibility index (Phi) is 3.56. The van der Waals surface area contributed by atoms with Gasteiger partial charge in [0, 0.05) is 0 Å². The summed E-state index contributed by atoms with van der Waals surface area (Å²) < 4.78 is -0.959. The summed E-state index contributed by atoms with van der Waals surface area (Å²) in [6.45, 7) is 0.821. The first-order valence-electron chi connectivity index (χ1n) is 4.55. The fraction of sp³-hybridized carbons (Fsp3) is 0.750. The van der Waals surface area contributed by atoms with Gasteiger partial charge in [-0.15, -0.1) is 0 Å². The van der Waals surface area contributed by atoms with Crippen molar-refractivity contribution >= 4 is 28.7 Å². The number of amides is 1. The van der Waals surface area contributed by atoms with Crippen molar-refractivity contribution in [2.75, 3.05) is 13.1 Å². The van der Waals surface area contributed by atoms with Crippen LogP contribution in [0.3, 0.4) is 0 Å². The number of carbonyl (C=O) groups is 2. The van der Waals surface area contributed by atoms with Gasteiger partial charge >= 0.3 is 90.7 Å². The average molecular weight is 262 g/mol. The van der Waals surface area contributed by atoms with Crippen LogP contribution in [-0.4, -0.2) is 56.2 Å². The van der Waals surface area contributed by atoms with E-state index < -0.39 is 10.3 Å². The molecule has 1 aliphatic heterocycles. The third-order valence-corrected chi connectivity index (χ3v) is 4.23. The molecule has 14 heavy (non-hydrogen) atoms. The minimum atomic E-state index is -0.959. The number of carboxylic acids is 1. The molecule has 0 aliphatic carbocycles. The molecule has 0 aromatic rings. The summed E-state index contributed by atoms with van der Waals surface area (Å²) in [4.78, 5) is 24.1. The first-order chi connectivity index (χ1) is 6.52. The Labute approximate surface area is 91.1 Å². The maximum atomic E-state index is 11.6. The summed E-state index contributed by atoms with van der Waals surface area (Å²) in [6, 6.07) is 0. The number of rotatable bonds is 3. The summed E-state index contributed by atoms with van der Waals surface area (Å²) in [7, 11) is 0. The zero-order valence-corrected chi connectivity index (χ0v) is 10.3. The maximum absolute atomic E-state index is 11.6. The molecule has 1 aliphatic rings. The third-order valence-electron chi connectivity index (χ3n) is 2.45. The zero-order chi connectivity index (χ0) is 10.8. The Hall–Kier alpha value is -0.542. The molecule has 3 N–H and O–H groups in total. The van der Waals surface area contributed by atoms with Gasteiger partial charge in [0.1, 0.15) is 0 Å². The van der Waals surface area contributed by atoms with Crippen LogP contribution in [0, 0.1) is 0 Å². The Balaban J connectivity index is 2.77. The van der Waals surface area contributed by atoms with Gasteiger partial charge in [0.05, 0.1) is 0 Å². The van der Waals surface area contributed by atoms with Gasteiger partial charge in [-0.05, 0) is 0 Å². The molecule has 2 atom stereocenters. The van der Waals surface area contributed by atoms with Gasteiger partial charge in [-0.1, -0.05) is 0 Å². The summed E-state index contributed by atoms with van der Waals surface area (Å²) in [5, 5.41) is 9.05. The SMILES string of the molecule is NCCC(=O)N1CCCC1([AsH2])C(=O)O. The van der Waals surface area contributed by atoms with Crippen LogP contribution in [0.2, 0.25) is 0 Å². The van der Waals surface area contributed by atoms with Crippen molar-refractivity contribution in [2.24, 2.45) is 5.73 Å². The number of nitrogens with zero attached hydrogens (tertiary/aromatic N) is 1. The molecule has 1 amide bonds. The van der Waals surface area contributed by atoms with Gasteiger partial charge in [0.2, 0.25) is 0 Å². The molecule has 80 valence electrons. The molecule has 1 heterocycles. The number of likely N-dealkylation sites (tertiary alicyclic amines) is 1. The second-order valence-corrected chi connectivity index (χ2v) is 5.42. The number of carboxylic acid groups (broad SMARTS) is 1. The summed E-state index contributed by atoms with van der Waals surface area (Å²) in [6.07, 6.45) is 1.55. The number of hydrogen-bond acceptors (Lipinski definition) is 3. The molecule has 0 aromatic heterocycles. The quantitative estimate of drug-likeness (QED) is 0.598. The molecule has 1 fully saturated rings. The van der Waals surface area contributed by atoms with E-state index in [-0.39, 0.29) is 18.9 Å². The van der Waals surface area contributed by atoms with Crippen LogP contribution in [-0.2, 0) is 9.59 Å². The van der Waals surface area contributed by atoms with Crippen molar-refractivity contribution in [1.82, 2.24) is 4.90 Å². The van der Waals surface area contributed by atoms with E-state index in [1.54, 1.807) is 0 Å². The standard InChI is InChI=1S/C8H15AsN2O3/c9-8(7(13)14)3-1-5-11(8)6(12)2-4-10/h1-5,9-10H2,(H,13,14). The normalized spacial score (nSPS) is 26.6. The Morgan fingerprint density at radius 1 is 1.57 bits per heavy atom. The van der Waals surface area contributed by atoms with Crippen LogP contribution < -0.4 is 5.73 Å². The van der Waals surface area contributed by atoms with Crippen molar-refractivity contribution in [1.29, 1.82) is 0 Å². The third kappa shape index (κ3) is 1.93. The number of carbonyl (C=O) groups excluding carboxylic acids is 1. The van der Waals surface area contributed by atoms with Crippen molar-refractivity contribution in [2.45, 2.75) is 23.6 Å². The van der Waals surface area contributed by atoms with Crippen LogP contribution >= 0.6 is 0 Å². The van der Waals surface area contributed by atoms with Crippen molar-refractivity contribution in [3.05, 3.63) is 0 Å². The Bertz CT molecular complexity index is 259. The monoisotopic (exact) mass is 262 g/mol. The molecule has 1 rings (SSSR count). The van der Waals surface area contributed by atoms with E-state index in [0.29, 0.717) is 13.0 Å². The molecular formula is C8H15AsN2O3. The van der Waals surface area contributed by atoms with Crippen molar-refractivity contribution < 1.29 is 14.7 Å². The van der Waals surface area contributed by atoms with Crippen LogP contribution in [0.5, 0.6) is 0 Å². The number of nitrogens with two attached hydrogens (primary N) is 1. The molecule has 0 bridgehead atoms. The van der Waals surface area contributed by atoms with E-state index in [9.17, 15) is 9.59 Å². The minimum absolute atomic E-state index is 0.142. The van der Waals surface area contributed by atoms with Crippen molar-refractivity contribution in [3.63, 3.8) is 0 Å². The molecule has 0 radical (unpaired) electrons. The van der Waals surface area contributed by atoms with Gasteiger partial charge in [0.15, 0.2) is 0 Å².